The zero-order valence-corrected chi connectivity index (χ0v) is 16.6. The maximum atomic E-state index is 12.7. The highest BCUT2D eigenvalue weighted by atomic mass is 16.6. The van der Waals surface area contributed by atoms with Crippen molar-refractivity contribution < 1.29 is 33.3 Å². The molecule has 0 unspecified atom stereocenters. The molecule has 0 saturated heterocycles. The quantitative estimate of drug-likeness (QED) is 0.512. The molecular formula is C19H27NO7. The lowest BCUT2D eigenvalue weighted by atomic mass is 9.88. The molecule has 0 aliphatic rings. The van der Waals surface area contributed by atoms with Gasteiger partial charge in [-0.05, 0) is 38.0 Å². The Morgan fingerprint density at radius 3 is 1.96 bits per heavy atom. The van der Waals surface area contributed by atoms with E-state index in [2.05, 4.69) is 5.32 Å². The fraction of sp³-hybridized carbons (Fsp3) is 0.526. The Bertz CT molecular complexity index is 682. The first kappa shape index (κ1) is 22.3. The summed E-state index contributed by atoms with van der Waals surface area (Å²) >= 11 is 0. The predicted molar refractivity (Wildman–Crippen MR) is 97.8 cm³/mol. The number of esters is 2. The second kappa shape index (κ2) is 9.80. The molecule has 1 aromatic carbocycles. The maximum absolute atomic E-state index is 12.7. The number of amides is 1. The molecule has 0 aliphatic heterocycles. The van der Waals surface area contributed by atoms with Crippen LogP contribution in [0.4, 0.5) is 0 Å². The third-order valence-electron chi connectivity index (χ3n) is 4.00. The van der Waals surface area contributed by atoms with Gasteiger partial charge in [-0.1, -0.05) is 6.07 Å². The molecule has 150 valence electrons. The van der Waals surface area contributed by atoms with Crippen LogP contribution in [0, 0.1) is 6.92 Å². The van der Waals surface area contributed by atoms with E-state index in [4.69, 9.17) is 18.9 Å². The summed E-state index contributed by atoms with van der Waals surface area (Å²) in [6.07, 6.45) is -0.156. The first-order valence-corrected chi connectivity index (χ1v) is 8.60. The lowest BCUT2D eigenvalue weighted by Gasteiger charge is -2.30. The average Bonchev–Trinajstić information content (AvgIpc) is 2.62. The van der Waals surface area contributed by atoms with E-state index in [1.807, 2.05) is 0 Å². The van der Waals surface area contributed by atoms with Crippen molar-refractivity contribution >= 4 is 17.8 Å². The minimum atomic E-state index is -2.00. The first-order valence-electron chi connectivity index (χ1n) is 8.60. The average molecular weight is 381 g/mol. The number of ether oxygens (including phenoxy) is 4. The molecular weight excluding hydrogens is 354 g/mol. The maximum Gasteiger partial charge on any atom is 0.344 e. The van der Waals surface area contributed by atoms with Crippen molar-refractivity contribution in [2.75, 3.05) is 27.4 Å². The van der Waals surface area contributed by atoms with Gasteiger partial charge in [0.05, 0.1) is 27.4 Å². The summed E-state index contributed by atoms with van der Waals surface area (Å²) in [6.45, 7) is 6.31. The minimum absolute atomic E-state index is 0.0461. The fourth-order valence-electron chi connectivity index (χ4n) is 2.78. The van der Waals surface area contributed by atoms with Crippen LogP contribution in [0.1, 0.15) is 31.9 Å². The van der Waals surface area contributed by atoms with Gasteiger partial charge in [0.2, 0.25) is 11.4 Å². The van der Waals surface area contributed by atoms with E-state index in [1.165, 1.54) is 21.1 Å². The van der Waals surface area contributed by atoms with Gasteiger partial charge in [0, 0.05) is 13.3 Å². The van der Waals surface area contributed by atoms with Crippen LogP contribution in [-0.4, -0.2) is 50.8 Å². The minimum Gasteiger partial charge on any atom is -0.493 e. The van der Waals surface area contributed by atoms with Crippen molar-refractivity contribution in [3.63, 3.8) is 0 Å². The van der Waals surface area contributed by atoms with E-state index in [-0.39, 0.29) is 19.6 Å². The number of carbonyl (C=O) groups excluding carboxylic acids is 3. The van der Waals surface area contributed by atoms with E-state index in [1.54, 1.807) is 32.9 Å². The summed E-state index contributed by atoms with van der Waals surface area (Å²) in [5, 5.41) is 2.44. The van der Waals surface area contributed by atoms with Gasteiger partial charge >= 0.3 is 11.9 Å². The molecule has 0 radical (unpaired) electrons. The van der Waals surface area contributed by atoms with Crippen LogP contribution < -0.4 is 14.8 Å². The van der Waals surface area contributed by atoms with Crippen LogP contribution in [0.5, 0.6) is 11.5 Å². The largest absolute Gasteiger partial charge is 0.493 e. The normalized spacial score (nSPS) is 10.7. The molecule has 1 N–H and O–H groups in total. The van der Waals surface area contributed by atoms with Crippen molar-refractivity contribution in [3.05, 3.63) is 23.3 Å². The molecule has 1 aromatic rings. The highest BCUT2D eigenvalue weighted by Crippen LogP contribution is 2.34. The van der Waals surface area contributed by atoms with E-state index in [0.717, 1.165) is 0 Å². The van der Waals surface area contributed by atoms with Crippen molar-refractivity contribution in [1.82, 2.24) is 5.32 Å². The smallest absolute Gasteiger partial charge is 0.344 e. The second-order valence-corrected chi connectivity index (χ2v) is 5.79. The molecule has 0 atom stereocenters. The Morgan fingerprint density at radius 2 is 1.56 bits per heavy atom. The first-order chi connectivity index (χ1) is 12.8. The molecule has 1 amide bonds. The van der Waals surface area contributed by atoms with Crippen LogP contribution in [0.2, 0.25) is 0 Å². The highest BCUT2D eigenvalue weighted by molar-refractivity contribution is 6.08. The predicted octanol–water partition coefficient (Wildman–Crippen LogP) is 1.56. The topological polar surface area (TPSA) is 100 Å². The zero-order valence-electron chi connectivity index (χ0n) is 16.6. The van der Waals surface area contributed by atoms with Gasteiger partial charge in [-0.2, -0.15) is 0 Å². The van der Waals surface area contributed by atoms with E-state index < -0.39 is 23.4 Å². The van der Waals surface area contributed by atoms with Crippen molar-refractivity contribution in [2.45, 2.75) is 39.7 Å². The molecule has 8 nitrogen and oxygen atoms in total. The standard InChI is InChI=1S/C19H27NO7/c1-7-26-17(22)19(20-13(4)21,18(23)27-8-2)11-14-9-10-15(24-5)16(25-6)12(14)3/h9-10H,7-8,11H2,1-6H3,(H,20,21). The number of benzene rings is 1. The van der Waals surface area contributed by atoms with E-state index in [9.17, 15) is 14.4 Å². The number of nitrogens with one attached hydrogen (secondary N) is 1. The number of methoxy groups -OCH3 is 2. The number of rotatable bonds is 9. The van der Waals surface area contributed by atoms with Gasteiger partial charge in [-0.25, -0.2) is 9.59 Å². The van der Waals surface area contributed by atoms with Crippen molar-refractivity contribution in [1.29, 1.82) is 0 Å². The summed E-state index contributed by atoms with van der Waals surface area (Å²) in [5.74, 6) is -1.34. The van der Waals surface area contributed by atoms with Gasteiger partial charge in [-0.15, -0.1) is 0 Å². The summed E-state index contributed by atoms with van der Waals surface area (Å²) in [6, 6.07) is 3.36. The third-order valence-corrected chi connectivity index (χ3v) is 4.00. The summed E-state index contributed by atoms with van der Waals surface area (Å²) < 4.78 is 20.8. The number of hydrogen-bond donors (Lipinski definition) is 1. The Balaban J connectivity index is 3.53. The Morgan fingerprint density at radius 1 is 1.00 bits per heavy atom. The Kier molecular flexibility index (Phi) is 8.08. The van der Waals surface area contributed by atoms with Crippen LogP contribution in [0.15, 0.2) is 12.1 Å². The summed E-state index contributed by atoms with van der Waals surface area (Å²) in [5.41, 5.74) is -0.731. The molecule has 0 heterocycles. The van der Waals surface area contributed by atoms with Crippen molar-refractivity contribution in [3.8, 4) is 11.5 Å². The Labute approximate surface area is 159 Å². The third kappa shape index (κ3) is 4.90. The number of hydrogen-bond acceptors (Lipinski definition) is 7. The van der Waals surface area contributed by atoms with E-state index >= 15 is 0 Å². The second-order valence-electron chi connectivity index (χ2n) is 5.79. The fourth-order valence-corrected chi connectivity index (χ4v) is 2.78. The van der Waals surface area contributed by atoms with Crippen LogP contribution in [-0.2, 0) is 30.3 Å². The molecule has 0 aliphatic carbocycles. The zero-order chi connectivity index (χ0) is 20.6. The van der Waals surface area contributed by atoms with Crippen LogP contribution in [0.25, 0.3) is 0 Å². The molecule has 8 heteroatoms. The molecule has 0 aromatic heterocycles. The summed E-state index contributed by atoms with van der Waals surface area (Å²) in [7, 11) is 3.00. The molecule has 0 spiro atoms. The van der Waals surface area contributed by atoms with Gasteiger partial charge in [-0.3, -0.25) is 4.79 Å². The lowest BCUT2D eigenvalue weighted by Crippen LogP contribution is -2.62. The molecule has 1 rings (SSSR count). The molecule has 27 heavy (non-hydrogen) atoms. The van der Waals surface area contributed by atoms with Crippen LogP contribution in [0.3, 0.4) is 0 Å². The SMILES string of the molecule is CCOC(=O)C(Cc1ccc(OC)c(OC)c1C)(NC(C)=O)C(=O)OCC. The molecule has 0 saturated carbocycles. The van der Waals surface area contributed by atoms with Gasteiger partial charge < -0.3 is 24.3 Å². The van der Waals surface area contributed by atoms with Crippen molar-refractivity contribution in [2.24, 2.45) is 0 Å². The highest BCUT2D eigenvalue weighted by Gasteiger charge is 2.50. The van der Waals surface area contributed by atoms with Gasteiger partial charge in [0.25, 0.3) is 0 Å². The molecule has 0 fully saturated rings. The van der Waals surface area contributed by atoms with Gasteiger partial charge in [0.15, 0.2) is 11.5 Å². The lowest BCUT2D eigenvalue weighted by molar-refractivity contribution is -0.168. The van der Waals surface area contributed by atoms with Gasteiger partial charge in [0.1, 0.15) is 0 Å². The molecule has 0 bridgehead atoms. The van der Waals surface area contributed by atoms with E-state index in [0.29, 0.717) is 22.6 Å². The summed E-state index contributed by atoms with van der Waals surface area (Å²) in [4.78, 5) is 37.2. The Hall–Kier alpha value is -2.77. The number of carbonyl (C=O) groups is 3. The monoisotopic (exact) mass is 381 g/mol. The van der Waals surface area contributed by atoms with Crippen LogP contribution >= 0.6 is 0 Å².